The largest absolute Gasteiger partial charge is 0.357 e. The zero-order valence-electron chi connectivity index (χ0n) is 19.6. The normalized spacial score (nSPS) is 19.5. The summed E-state index contributed by atoms with van der Waals surface area (Å²) in [7, 11) is 0. The highest BCUT2D eigenvalue weighted by Gasteiger charge is 2.18. The molecular formula is C23H42N8. The Morgan fingerprint density at radius 1 is 0.968 bits per heavy atom. The van der Waals surface area contributed by atoms with Crippen molar-refractivity contribution < 1.29 is 0 Å². The van der Waals surface area contributed by atoms with Crippen LogP contribution in [0.5, 0.6) is 0 Å². The molecular weight excluding hydrogens is 388 g/mol. The van der Waals surface area contributed by atoms with Crippen LogP contribution in [0.1, 0.15) is 39.5 Å². The molecule has 0 bridgehead atoms. The van der Waals surface area contributed by atoms with Crippen molar-refractivity contribution in [3.8, 4) is 0 Å². The van der Waals surface area contributed by atoms with Crippen molar-refractivity contribution in [1.82, 2.24) is 30.4 Å². The van der Waals surface area contributed by atoms with Gasteiger partial charge in [-0.1, -0.05) is 6.92 Å². The van der Waals surface area contributed by atoms with Crippen LogP contribution in [0.25, 0.3) is 0 Å². The summed E-state index contributed by atoms with van der Waals surface area (Å²) in [5, 5.41) is 6.89. The third kappa shape index (κ3) is 8.61. The van der Waals surface area contributed by atoms with Gasteiger partial charge in [0.2, 0.25) is 5.95 Å². The fourth-order valence-corrected chi connectivity index (χ4v) is 4.25. The molecule has 2 saturated heterocycles. The van der Waals surface area contributed by atoms with E-state index in [1.54, 1.807) is 0 Å². The second kappa shape index (κ2) is 13.5. The third-order valence-corrected chi connectivity index (χ3v) is 6.27. The molecule has 8 nitrogen and oxygen atoms in total. The maximum atomic E-state index is 4.77. The van der Waals surface area contributed by atoms with Crippen molar-refractivity contribution in [3.05, 3.63) is 18.5 Å². The Hall–Kier alpha value is -1.93. The molecule has 0 unspecified atom stereocenters. The molecule has 2 aliphatic heterocycles. The van der Waals surface area contributed by atoms with Gasteiger partial charge in [-0.3, -0.25) is 9.89 Å². The van der Waals surface area contributed by atoms with E-state index in [9.17, 15) is 0 Å². The molecule has 0 saturated carbocycles. The lowest BCUT2D eigenvalue weighted by atomic mass is 9.99. The predicted octanol–water partition coefficient (Wildman–Crippen LogP) is 1.67. The Balaban J connectivity index is 1.26. The summed E-state index contributed by atoms with van der Waals surface area (Å²) in [5.74, 6) is 2.71. The van der Waals surface area contributed by atoms with Crippen molar-refractivity contribution in [3.63, 3.8) is 0 Å². The smallest absolute Gasteiger partial charge is 0.225 e. The molecule has 0 atom stereocenters. The van der Waals surface area contributed by atoms with Crippen LogP contribution < -0.4 is 15.5 Å². The van der Waals surface area contributed by atoms with Gasteiger partial charge >= 0.3 is 0 Å². The molecule has 2 fully saturated rings. The number of aromatic nitrogens is 2. The van der Waals surface area contributed by atoms with Gasteiger partial charge in [0.15, 0.2) is 5.96 Å². The van der Waals surface area contributed by atoms with E-state index >= 15 is 0 Å². The van der Waals surface area contributed by atoms with Crippen LogP contribution in [0, 0.1) is 5.92 Å². The first-order valence-electron chi connectivity index (χ1n) is 12.2. The van der Waals surface area contributed by atoms with Crippen LogP contribution >= 0.6 is 0 Å². The number of nitrogens with zero attached hydrogens (tertiary/aromatic N) is 6. The highest BCUT2D eigenvalue weighted by atomic mass is 15.3. The van der Waals surface area contributed by atoms with Crippen LogP contribution in [-0.2, 0) is 0 Å². The lowest BCUT2D eigenvalue weighted by Gasteiger charge is -2.34. The zero-order valence-corrected chi connectivity index (χ0v) is 19.6. The highest BCUT2D eigenvalue weighted by Crippen LogP contribution is 2.15. The molecule has 0 aliphatic carbocycles. The number of hydrogen-bond donors (Lipinski definition) is 2. The van der Waals surface area contributed by atoms with E-state index in [0.29, 0.717) is 0 Å². The van der Waals surface area contributed by atoms with E-state index in [1.807, 2.05) is 18.5 Å². The maximum absolute atomic E-state index is 4.77. The number of aliphatic imine (C=N–C) groups is 1. The summed E-state index contributed by atoms with van der Waals surface area (Å²) in [6.45, 7) is 16.2. The number of hydrogen-bond acceptors (Lipinski definition) is 6. The van der Waals surface area contributed by atoms with Gasteiger partial charge < -0.3 is 20.4 Å². The topological polar surface area (TPSA) is 71.9 Å². The van der Waals surface area contributed by atoms with Gasteiger partial charge in [-0.25, -0.2) is 9.97 Å². The highest BCUT2D eigenvalue weighted by molar-refractivity contribution is 5.79. The van der Waals surface area contributed by atoms with E-state index < -0.39 is 0 Å². The first-order chi connectivity index (χ1) is 15.2. The van der Waals surface area contributed by atoms with Gasteiger partial charge in [0.1, 0.15) is 0 Å². The molecule has 1 aromatic rings. The van der Waals surface area contributed by atoms with E-state index in [-0.39, 0.29) is 0 Å². The number of nitrogens with one attached hydrogen (secondary N) is 2. The summed E-state index contributed by atoms with van der Waals surface area (Å²) in [5.41, 5.74) is 0. The minimum absolute atomic E-state index is 0.852. The molecule has 2 aliphatic rings. The summed E-state index contributed by atoms with van der Waals surface area (Å²) < 4.78 is 0. The summed E-state index contributed by atoms with van der Waals surface area (Å²) in [6, 6.07) is 1.87. The van der Waals surface area contributed by atoms with Gasteiger partial charge in [0.25, 0.3) is 0 Å². The first kappa shape index (κ1) is 23.7. The van der Waals surface area contributed by atoms with Gasteiger partial charge in [0, 0.05) is 58.2 Å². The minimum Gasteiger partial charge on any atom is -0.357 e. The lowest BCUT2D eigenvalue weighted by Crippen LogP contribution is -2.47. The minimum atomic E-state index is 0.852. The van der Waals surface area contributed by atoms with Gasteiger partial charge in [-0.05, 0) is 70.8 Å². The van der Waals surface area contributed by atoms with Crippen LogP contribution in [0.15, 0.2) is 23.5 Å². The van der Waals surface area contributed by atoms with Crippen molar-refractivity contribution in [1.29, 1.82) is 0 Å². The molecule has 0 spiro atoms. The molecule has 31 heavy (non-hydrogen) atoms. The van der Waals surface area contributed by atoms with E-state index in [4.69, 9.17) is 4.99 Å². The average molecular weight is 431 g/mol. The van der Waals surface area contributed by atoms with E-state index in [1.165, 1.54) is 32.5 Å². The van der Waals surface area contributed by atoms with Crippen LogP contribution in [-0.4, -0.2) is 97.7 Å². The van der Waals surface area contributed by atoms with Crippen LogP contribution in [0.3, 0.4) is 0 Å². The molecule has 2 N–H and O–H groups in total. The number of anilines is 1. The molecule has 0 radical (unpaired) electrons. The Morgan fingerprint density at radius 3 is 2.35 bits per heavy atom. The average Bonchev–Trinajstić information content (AvgIpc) is 2.81. The second-order valence-electron chi connectivity index (χ2n) is 8.80. The van der Waals surface area contributed by atoms with Gasteiger partial charge in [-0.2, -0.15) is 0 Å². The number of likely N-dealkylation sites (tertiary alicyclic amines) is 1. The lowest BCUT2D eigenvalue weighted by molar-refractivity contribution is 0.192. The Kier molecular flexibility index (Phi) is 10.3. The molecule has 1 aromatic heterocycles. The Bertz CT molecular complexity index is 622. The van der Waals surface area contributed by atoms with Crippen molar-refractivity contribution >= 4 is 11.9 Å². The fourth-order valence-electron chi connectivity index (χ4n) is 4.25. The van der Waals surface area contributed by atoms with Crippen molar-refractivity contribution in [2.24, 2.45) is 10.9 Å². The molecule has 0 aromatic carbocycles. The first-order valence-corrected chi connectivity index (χ1v) is 12.2. The number of rotatable bonds is 10. The van der Waals surface area contributed by atoms with E-state index in [0.717, 1.165) is 83.0 Å². The van der Waals surface area contributed by atoms with Crippen molar-refractivity contribution in [2.75, 3.05) is 76.9 Å². The number of guanidine groups is 1. The van der Waals surface area contributed by atoms with Crippen LogP contribution in [0.4, 0.5) is 5.95 Å². The number of piperidine rings is 1. The maximum Gasteiger partial charge on any atom is 0.225 e. The summed E-state index contributed by atoms with van der Waals surface area (Å²) >= 11 is 0. The van der Waals surface area contributed by atoms with Gasteiger partial charge in [0.05, 0.1) is 0 Å². The molecule has 8 heteroatoms. The van der Waals surface area contributed by atoms with E-state index in [2.05, 4.69) is 49.1 Å². The zero-order chi connectivity index (χ0) is 21.7. The fraction of sp³-hybridized carbons (Fsp3) is 0.783. The second-order valence-corrected chi connectivity index (χ2v) is 8.80. The molecule has 174 valence electrons. The molecule has 3 heterocycles. The number of piperazine rings is 1. The quantitative estimate of drug-likeness (QED) is 0.332. The van der Waals surface area contributed by atoms with Crippen LogP contribution in [0.2, 0.25) is 0 Å². The Morgan fingerprint density at radius 2 is 1.65 bits per heavy atom. The SMILES string of the molecule is CCNC(=NCCCN1CCC(C)CC1)NCCCN1CCN(c2ncccn2)CC1. The monoisotopic (exact) mass is 430 g/mol. The van der Waals surface area contributed by atoms with Gasteiger partial charge in [-0.15, -0.1) is 0 Å². The summed E-state index contributed by atoms with van der Waals surface area (Å²) in [4.78, 5) is 20.9. The standard InChI is InChI=1S/C23H42N8/c1-3-24-22(25-11-5-13-29-15-7-21(2)8-16-29)26-12-6-14-30-17-19-31(20-18-30)23-27-9-4-10-28-23/h4,9-10,21H,3,5-8,11-20H2,1-2H3,(H2,24,25,26). The van der Waals surface area contributed by atoms with Crippen molar-refractivity contribution in [2.45, 2.75) is 39.5 Å². The summed E-state index contributed by atoms with van der Waals surface area (Å²) in [6.07, 6.45) is 8.60. The predicted molar refractivity (Wildman–Crippen MR) is 129 cm³/mol. The Labute approximate surface area is 188 Å². The third-order valence-electron chi connectivity index (χ3n) is 6.27. The molecule has 3 rings (SSSR count). The molecule has 0 amide bonds.